The van der Waals surface area contributed by atoms with Crippen molar-refractivity contribution in [2.45, 2.75) is 6.54 Å². The van der Waals surface area contributed by atoms with Gasteiger partial charge in [0, 0.05) is 12.6 Å². The number of rotatable bonds is 3. The molecule has 1 aromatic heterocycles. The first kappa shape index (κ1) is 10.8. The fraction of sp³-hybridized carbons (Fsp3) is 0.0909. The predicted molar refractivity (Wildman–Crippen MR) is 63.1 cm³/mol. The Balaban J connectivity index is 2.02. The zero-order chi connectivity index (χ0) is 11.4. The molecule has 2 rings (SSSR count). The van der Waals surface area contributed by atoms with Crippen LogP contribution in [0.25, 0.3) is 0 Å². The van der Waals surface area contributed by atoms with Crippen molar-refractivity contribution in [1.82, 2.24) is 9.97 Å². The molecule has 3 nitrogen and oxygen atoms in total. The molecule has 1 aromatic carbocycles. The van der Waals surface area contributed by atoms with Crippen LogP contribution < -0.4 is 5.32 Å². The zero-order valence-corrected chi connectivity index (χ0v) is 9.22. The van der Waals surface area contributed by atoms with E-state index in [1.807, 2.05) is 0 Å². The maximum Gasteiger partial charge on any atom is 0.131 e. The summed E-state index contributed by atoms with van der Waals surface area (Å²) in [5.74, 6) is 0.566. The maximum atomic E-state index is 12.7. The number of anilines is 1. The summed E-state index contributed by atoms with van der Waals surface area (Å²) >= 11 is 4.93. The van der Waals surface area contributed by atoms with E-state index in [2.05, 4.69) is 15.3 Å². The van der Waals surface area contributed by atoms with Crippen LogP contribution in [0.5, 0.6) is 0 Å². The Labute approximate surface area is 97.4 Å². The van der Waals surface area contributed by atoms with Gasteiger partial charge in [-0.25, -0.2) is 9.37 Å². The van der Waals surface area contributed by atoms with Gasteiger partial charge >= 0.3 is 0 Å². The van der Waals surface area contributed by atoms with E-state index in [9.17, 15) is 4.39 Å². The summed E-state index contributed by atoms with van der Waals surface area (Å²) < 4.78 is 13.2. The van der Waals surface area contributed by atoms with Gasteiger partial charge in [-0.1, -0.05) is 24.4 Å². The van der Waals surface area contributed by atoms with E-state index in [-0.39, 0.29) is 5.82 Å². The van der Waals surface area contributed by atoms with Gasteiger partial charge in [0.25, 0.3) is 0 Å². The van der Waals surface area contributed by atoms with Crippen molar-refractivity contribution in [3.63, 3.8) is 0 Å². The molecule has 0 spiro atoms. The number of hydrogen-bond donors (Lipinski definition) is 2. The largest absolute Gasteiger partial charge is 0.367 e. The quantitative estimate of drug-likeness (QED) is 0.804. The van der Waals surface area contributed by atoms with E-state index < -0.39 is 0 Å². The Morgan fingerprint density at radius 1 is 1.31 bits per heavy atom. The highest BCUT2D eigenvalue weighted by atomic mass is 32.1. The lowest BCUT2D eigenvalue weighted by molar-refractivity contribution is 0.627. The molecule has 0 unspecified atom stereocenters. The molecule has 0 aliphatic carbocycles. The number of aromatic nitrogens is 2. The molecular formula is C11H10FN3S. The van der Waals surface area contributed by atoms with E-state index in [1.165, 1.54) is 18.5 Å². The van der Waals surface area contributed by atoms with Gasteiger partial charge in [0.1, 0.15) is 16.3 Å². The summed E-state index contributed by atoms with van der Waals surface area (Å²) in [5, 5.41) is 3.14. The fourth-order valence-corrected chi connectivity index (χ4v) is 1.44. The minimum atomic E-state index is -0.230. The molecule has 0 aliphatic heterocycles. The minimum absolute atomic E-state index is 0.230. The molecule has 2 N–H and O–H groups in total. The van der Waals surface area contributed by atoms with E-state index in [0.29, 0.717) is 11.2 Å². The standard InChI is InChI=1S/C11H10FN3S/c12-9-3-1-8(2-4-9)6-13-10-5-11(16)15-7-14-10/h1-5,7H,6H2,(H2,13,14,15,16). The molecular weight excluding hydrogens is 225 g/mol. The highest BCUT2D eigenvalue weighted by molar-refractivity contribution is 7.71. The van der Waals surface area contributed by atoms with Crippen LogP contribution in [0.2, 0.25) is 0 Å². The van der Waals surface area contributed by atoms with E-state index >= 15 is 0 Å². The normalized spacial score (nSPS) is 10.1. The molecule has 1 heterocycles. The summed E-state index contributed by atoms with van der Waals surface area (Å²) in [6.07, 6.45) is 1.54. The van der Waals surface area contributed by atoms with Crippen LogP contribution in [0.3, 0.4) is 0 Å². The van der Waals surface area contributed by atoms with Crippen LogP contribution in [0.15, 0.2) is 36.7 Å². The third kappa shape index (κ3) is 2.87. The summed E-state index contributed by atoms with van der Waals surface area (Å²) in [6, 6.07) is 8.08. The first-order chi connectivity index (χ1) is 7.74. The lowest BCUT2D eigenvalue weighted by atomic mass is 10.2. The Kier molecular flexibility index (Phi) is 3.26. The number of H-pyrrole nitrogens is 1. The Bertz CT molecular complexity index is 521. The molecule has 0 amide bonds. The smallest absolute Gasteiger partial charge is 0.131 e. The van der Waals surface area contributed by atoms with Gasteiger partial charge in [0.15, 0.2) is 0 Å². The molecule has 82 valence electrons. The first-order valence-corrected chi connectivity index (χ1v) is 5.18. The van der Waals surface area contributed by atoms with Crippen molar-refractivity contribution in [3.8, 4) is 0 Å². The second kappa shape index (κ2) is 4.85. The van der Waals surface area contributed by atoms with Crippen molar-refractivity contribution < 1.29 is 4.39 Å². The number of hydrogen-bond acceptors (Lipinski definition) is 3. The molecule has 0 radical (unpaired) electrons. The molecule has 16 heavy (non-hydrogen) atoms. The molecule has 0 atom stereocenters. The second-order valence-corrected chi connectivity index (χ2v) is 3.70. The van der Waals surface area contributed by atoms with Crippen molar-refractivity contribution in [1.29, 1.82) is 0 Å². The topological polar surface area (TPSA) is 40.7 Å². The SMILES string of the molecule is Fc1ccc(CNc2cc(=S)nc[nH]2)cc1. The number of nitrogens with zero attached hydrogens (tertiary/aromatic N) is 1. The molecule has 0 fully saturated rings. The van der Waals surface area contributed by atoms with E-state index in [0.717, 1.165) is 11.4 Å². The first-order valence-electron chi connectivity index (χ1n) is 4.77. The predicted octanol–water partition coefficient (Wildman–Crippen LogP) is 2.89. The van der Waals surface area contributed by atoms with Crippen LogP contribution in [0.4, 0.5) is 10.2 Å². The number of aromatic amines is 1. The highest BCUT2D eigenvalue weighted by Gasteiger charge is 1.95. The molecule has 5 heteroatoms. The van der Waals surface area contributed by atoms with Gasteiger partial charge in [0.2, 0.25) is 0 Å². The van der Waals surface area contributed by atoms with Crippen molar-refractivity contribution >= 4 is 18.0 Å². The molecule has 0 aliphatic rings. The average Bonchev–Trinajstić information content (AvgIpc) is 2.28. The second-order valence-electron chi connectivity index (χ2n) is 3.28. The van der Waals surface area contributed by atoms with Gasteiger partial charge in [-0.2, -0.15) is 0 Å². The highest BCUT2D eigenvalue weighted by Crippen LogP contribution is 2.06. The third-order valence-corrected chi connectivity index (χ3v) is 2.30. The van der Waals surface area contributed by atoms with Gasteiger partial charge in [-0.05, 0) is 17.7 Å². The summed E-state index contributed by atoms with van der Waals surface area (Å²) in [7, 11) is 0. The Morgan fingerprint density at radius 3 is 2.75 bits per heavy atom. The summed E-state index contributed by atoms with van der Waals surface area (Å²) in [6.45, 7) is 0.607. The van der Waals surface area contributed by atoms with Crippen molar-refractivity contribution in [2.75, 3.05) is 5.32 Å². The summed E-state index contributed by atoms with van der Waals surface area (Å²) in [4.78, 5) is 6.80. The van der Waals surface area contributed by atoms with Crippen LogP contribution in [0.1, 0.15) is 5.56 Å². The number of benzene rings is 1. The third-order valence-electron chi connectivity index (χ3n) is 2.08. The van der Waals surface area contributed by atoms with Crippen LogP contribution in [-0.4, -0.2) is 9.97 Å². The van der Waals surface area contributed by atoms with Gasteiger partial charge in [0.05, 0.1) is 6.33 Å². The molecule has 0 saturated heterocycles. The lowest BCUT2D eigenvalue weighted by Crippen LogP contribution is -2.01. The molecule has 0 saturated carbocycles. The Hall–Kier alpha value is -1.75. The minimum Gasteiger partial charge on any atom is -0.367 e. The zero-order valence-electron chi connectivity index (χ0n) is 8.40. The van der Waals surface area contributed by atoms with Gasteiger partial charge < -0.3 is 10.3 Å². The van der Waals surface area contributed by atoms with Crippen molar-refractivity contribution in [2.24, 2.45) is 0 Å². The lowest BCUT2D eigenvalue weighted by Gasteiger charge is -2.05. The number of nitrogens with one attached hydrogen (secondary N) is 2. The van der Waals surface area contributed by atoms with E-state index in [4.69, 9.17) is 12.2 Å². The number of halogens is 1. The van der Waals surface area contributed by atoms with Gasteiger partial charge in [-0.15, -0.1) is 0 Å². The summed E-state index contributed by atoms with van der Waals surface area (Å²) in [5.41, 5.74) is 0.998. The fourth-order valence-electron chi connectivity index (χ4n) is 1.27. The van der Waals surface area contributed by atoms with Crippen LogP contribution in [0, 0.1) is 10.5 Å². The maximum absolute atomic E-state index is 12.7. The molecule has 2 aromatic rings. The average molecular weight is 235 g/mol. The van der Waals surface area contributed by atoms with Crippen LogP contribution in [-0.2, 0) is 6.54 Å². The monoisotopic (exact) mass is 235 g/mol. The molecule has 0 bridgehead atoms. The van der Waals surface area contributed by atoms with Gasteiger partial charge in [-0.3, -0.25) is 0 Å². The van der Waals surface area contributed by atoms with Crippen molar-refractivity contribution in [3.05, 3.63) is 52.7 Å². The Morgan fingerprint density at radius 2 is 2.06 bits per heavy atom. The van der Waals surface area contributed by atoms with E-state index in [1.54, 1.807) is 18.2 Å². The van der Waals surface area contributed by atoms with Crippen LogP contribution >= 0.6 is 12.2 Å².